The van der Waals surface area contributed by atoms with Gasteiger partial charge in [0.05, 0.1) is 0 Å². The van der Waals surface area contributed by atoms with E-state index in [0.29, 0.717) is 0 Å². The van der Waals surface area contributed by atoms with Crippen molar-refractivity contribution in [1.29, 1.82) is 0 Å². The third-order valence-corrected chi connectivity index (χ3v) is 0. The average molecular weight is 173 g/mol. The Hall–Kier alpha value is -0.180. The zero-order chi connectivity index (χ0) is 2.71. The summed E-state index contributed by atoms with van der Waals surface area (Å²) in [6.45, 7) is 0. The highest BCUT2D eigenvalue weighted by Gasteiger charge is 1.45. The molecule has 1 unspecified atom stereocenters. The summed E-state index contributed by atoms with van der Waals surface area (Å²) in [5.41, 5.74) is 0. The molecule has 0 heterocycles. The second-order valence-electron chi connectivity index (χ2n) is 0.0913. The summed E-state index contributed by atoms with van der Waals surface area (Å²) in [4.78, 5) is 7.04. The Morgan fingerprint density at radius 1 is 0.778 bits per heavy atom. The van der Waals surface area contributed by atoms with Gasteiger partial charge in [-0.3, -0.25) is 0 Å². The highest BCUT2D eigenvalue weighted by Crippen LogP contribution is 1.66. The van der Waals surface area contributed by atoms with Crippen LogP contribution in [0.2, 0.25) is 0 Å². The molecule has 0 saturated carbocycles. The Balaban J connectivity index is -0.00000000133. The molecular formula is H14O8P+. The average Bonchev–Trinajstić information content (AvgIpc) is 0.918. The minimum absolute atomic E-state index is 0. The van der Waals surface area contributed by atoms with Crippen molar-refractivity contribution in [2.24, 2.45) is 0 Å². The van der Waals surface area contributed by atoms with Crippen molar-refractivity contribution in [3.63, 3.8) is 0 Å². The quantitative estimate of drug-likeness (QED) is 0.354. The van der Waals surface area contributed by atoms with Crippen molar-refractivity contribution < 1.29 is 42.3 Å². The van der Waals surface area contributed by atoms with E-state index in [0.717, 1.165) is 0 Å². The normalized spacial score (nSPS) is 2.33. The maximum atomic E-state index is 8.51. The van der Waals surface area contributed by atoms with Crippen molar-refractivity contribution >= 4 is 8.69 Å². The molecule has 0 aromatic heterocycles. The largest absolute Gasteiger partial charge is 0.491 e. The molecule has 66 valence electrons. The summed E-state index contributed by atoms with van der Waals surface area (Å²) in [6, 6.07) is 0. The smallest absolute Gasteiger partial charge is 0.412 e. The van der Waals surface area contributed by atoms with Crippen LogP contribution in [0.15, 0.2) is 0 Å². The fourth-order valence-electron chi connectivity index (χ4n) is 0. The lowest BCUT2D eigenvalue weighted by atomic mass is 15.9. The van der Waals surface area contributed by atoms with Gasteiger partial charge in [-0.15, -0.1) is 0 Å². The molecule has 1 atom stereocenters. The molecule has 0 radical (unpaired) electrons. The van der Waals surface area contributed by atoms with Crippen LogP contribution in [-0.2, 0) is 4.57 Å². The molecule has 9 heteroatoms. The molecule has 0 aliphatic carbocycles. The zero-order valence-electron chi connectivity index (χ0n) is 4.36. The molecule has 0 fully saturated rings. The van der Waals surface area contributed by atoms with Gasteiger partial charge in [-0.25, -0.2) is 0 Å². The van der Waals surface area contributed by atoms with E-state index in [-0.39, 0.29) is 32.9 Å². The first-order valence-corrected chi connectivity index (χ1v) is 1.28. The Bertz CT molecular complexity index is 12.0. The van der Waals surface area contributed by atoms with Crippen molar-refractivity contribution in [2.75, 3.05) is 0 Å². The van der Waals surface area contributed by atoms with Gasteiger partial charge < -0.3 is 32.9 Å². The van der Waals surface area contributed by atoms with Crippen molar-refractivity contribution in [3.05, 3.63) is 0 Å². The fourth-order valence-corrected chi connectivity index (χ4v) is 0. The Morgan fingerprint density at radius 2 is 0.778 bits per heavy atom. The lowest BCUT2D eigenvalue weighted by molar-refractivity contribution is 0.524. The summed E-state index contributed by atoms with van der Waals surface area (Å²) in [5.74, 6) is 0. The topological polar surface area (TPSA) is 226 Å². The van der Waals surface area contributed by atoms with Gasteiger partial charge in [0.25, 0.3) is 0 Å². The predicted molar refractivity (Wildman–Crippen MR) is 32.9 cm³/mol. The van der Waals surface area contributed by atoms with Crippen LogP contribution < -0.4 is 0 Å². The molecule has 9 heavy (non-hydrogen) atoms. The molecule has 0 aromatic carbocycles. The molecular weight excluding hydrogens is 159 g/mol. The first-order valence-electron chi connectivity index (χ1n) is 0.428. The van der Waals surface area contributed by atoms with Gasteiger partial charge in [0.1, 0.15) is 0 Å². The number of hydrogen-bond acceptors (Lipinski definition) is 1. The van der Waals surface area contributed by atoms with E-state index in [1.807, 2.05) is 0 Å². The standard InChI is InChI=1S/HO2P.6H2O/c1-3-2;;;;;;/h3H;6*1H2/p+1. The maximum Gasteiger partial charge on any atom is 0.491 e. The van der Waals surface area contributed by atoms with Crippen LogP contribution in [0.4, 0.5) is 0 Å². The Kier molecular flexibility index (Phi) is 9790. The lowest BCUT2D eigenvalue weighted by Gasteiger charge is -1.08. The molecule has 0 saturated heterocycles. The van der Waals surface area contributed by atoms with Crippen LogP contribution in [0.1, 0.15) is 0 Å². The molecule has 0 spiro atoms. The Labute approximate surface area is 52.3 Å². The lowest BCUT2D eigenvalue weighted by Crippen LogP contribution is -1.03. The molecule has 0 aliphatic heterocycles. The van der Waals surface area contributed by atoms with E-state index in [9.17, 15) is 0 Å². The third kappa shape index (κ3) is 8180. The highest BCUT2D eigenvalue weighted by atomic mass is 31.1. The molecule has 0 amide bonds. The van der Waals surface area contributed by atoms with Crippen LogP contribution in [0.25, 0.3) is 0 Å². The van der Waals surface area contributed by atoms with Crippen LogP contribution >= 0.6 is 8.69 Å². The predicted octanol–water partition coefficient (Wildman–Crippen LogP) is -5.03. The molecule has 8 nitrogen and oxygen atoms in total. The van der Waals surface area contributed by atoms with Gasteiger partial charge in [0.2, 0.25) is 0 Å². The van der Waals surface area contributed by atoms with E-state index in [2.05, 4.69) is 0 Å². The van der Waals surface area contributed by atoms with Crippen LogP contribution in [0, 0.1) is 0 Å². The van der Waals surface area contributed by atoms with Crippen molar-refractivity contribution in [1.82, 2.24) is 0 Å². The molecule has 0 bridgehead atoms. The third-order valence-electron chi connectivity index (χ3n) is 0. The number of hydrogen-bond donors (Lipinski definition) is 1. The van der Waals surface area contributed by atoms with E-state index in [1.165, 1.54) is 0 Å². The van der Waals surface area contributed by atoms with Crippen molar-refractivity contribution in [2.45, 2.75) is 0 Å². The van der Waals surface area contributed by atoms with E-state index in [1.54, 1.807) is 0 Å². The maximum absolute atomic E-state index is 8.51. The second-order valence-corrected chi connectivity index (χ2v) is 0.274. The first kappa shape index (κ1) is 163. The van der Waals surface area contributed by atoms with Crippen LogP contribution in [0.5, 0.6) is 0 Å². The van der Waals surface area contributed by atoms with E-state index in [4.69, 9.17) is 9.46 Å². The summed E-state index contributed by atoms with van der Waals surface area (Å²) >= 11 is 0. The van der Waals surface area contributed by atoms with E-state index < -0.39 is 8.69 Å². The van der Waals surface area contributed by atoms with Gasteiger partial charge in [-0.1, -0.05) is 0 Å². The van der Waals surface area contributed by atoms with Crippen LogP contribution in [0.3, 0.4) is 0 Å². The summed E-state index contributed by atoms with van der Waals surface area (Å²) in [6.07, 6.45) is 0. The summed E-state index contributed by atoms with van der Waals surface area (Å²) in [7, 11) is -1.17. The Morgan fingerprint density at radius 3 is 0.778 bits per heavy atom. The van der Waals surface area contributed by atoms with E-state index >= 15 is 0 Å². The van der Waals surface area contributed by atoms with Gasteiger partial charge in [-0.2, -0.15) is 4.89 Å². The van der Waals surface area contributed by atoms with Crippen LogP contribution in [-0.4, -0.2) is 37.8 Å². The summed E-state index contributed by atoms with van der Waals surface area (Å²) < 4.78 is 8.51. The molecule has 13 N–H and O–H groups in total. The highest BCUT2D eigenvalue weighted by molar-refractivity contribution is 7.16. The minimum atomic E-state index is -1.17. The van der Waals surface area contributed by atoms with Gasteiger partial charge >= 0.3 is 8.69 Å². The van der Waals surface area contributed by atoms with Gasteiger partial charge in [-0.05, 0) is 4.57 Å². The first-order chi connectivity index (χ1) is 1.41. The monoisotopic (exact) mass is 173 g/mol. The molecule has 0 rings (SSSR count). The second kappa shape index (κ2) is 541. The molecule has 0 aromatic rings. The van der Waals surface area contributed by atoms with Gasteiger partial charge in [0.15, 0.2) is 0 Å². The zero-order valence-corrected chi connectivity index (χ0v) is 5.36. The minimum Gasteiger partial charge on any atom is -0.412 e. The molecule has 0 aliphatic rings. The SMILES string of the molecule is O.O.O.O.O.O.O=[PH+]O. The fraction of sp³-hybridized carbons (Fsp3) is 0. The van der Waals surface area contributed by atoms with Gasteiger partial charge in [0, 0.05) is 0 Å². The van der Waals surface area contributed by atoms with Crippen molar-refractivity contribution in [3.8, 4) is 0 Å². The number of rotatable bonds is 0. The summed E-state index contributed by atoms with van der Waals surface area (Å²) in [5, 5.41) is 0.